The lowest BCUT2D eigenvalue weighted by Gasteiger charge is -2.19. The zero-order valence-corrected chi connectivity index (χ0v) is 15.2. The molecule has 138 valence electrons. The SMILES string of the molecule is CCNC(=O)N1CCc2ccc(NC(=O)C(NC)c3cnn(C)c3)cc21. The minimum Gasteiger partial charge on any atom is -0.338 e. The summed E-state index contributed by atoms with van der Waals surface area (Å²) in [7, 11) is 3.54. The third-order valence-corrected chi connectivity index (χ3v) is 4.43. The van der Waals surface area contributed by atoms with Crippen LogP contribution in [0.15, 0.2) is 30.6 Å². The van der Waals surface area contributed by atoms with Crippen molar-refractivity contribution in [2.24, 2.45) is 7.05 Å². The number of amides is 3. The summed E-state index contributed by atoms with van der Waals surface area (Å²) in [6, 6.07) is 5.07. The van der Waals surface area contributed by atoms with E-state index >= 15 is 0 Å². The number of carbonyl (C=O) groups is 2. The number of hydrogen-bond donors (Lipinski definition) is 3. The van der Waals surface area contributed by atoms with Crippen LogP contribution in [0.2, 0.25) is 0 Å². The summed E-state index contributed by atoms with van der Waals surface area (Å²) < 4.78 is 1.66. The Morgan fingerprint density at radius 1 is 1.35 bits per heavy atom. The van der Waals surface area contributed by atoms with Crippen LogP contribution in [0.1, 0.15) is 24.1 Å². The minimum absolute atomic E-state index is 0.113. The summed E-state index contributed by atoms with van der Waals surface area (Å²) in [6.07, 6.45) is 4.29. The van der Waals surface area contributed by atoms with Crippen LogP contribution in [0, 0.1) is 0 Å². The maximum Gasteiger partial charge on any atom is 0.321 e. The summed E-state index contributed by atoms with van der Waals surface area (Å²) >= 11 is 0. The molecule has 1 aromatic heterocycles. The van der Waals surface area contributed by atoms with Gasteiger partial charge in [-0.05, 0) is 38.1 Å². The number of carbonyl (C=O) groups excluding carboxylic acids is 2. The molecule has 1 aliphatic rings. The van der Waals surface area contributed by atoms with E-state index in [0.29, 0.717) is 18.8 Å². The van der Waals surface area contributed by atoms with Crippen molar-refractivity contribution in [1.82, 2.24) is 20.4 Å². The molecule has 0 radical (unpaired) electrons. The van der Waals surface area contributed by atoms with E-state index in [9.17, 15) is 9.59 Å². The number of fused-ring (bicyclic) bond motifs is 1. The number of nitrogens with zero attached hydrogens (tertiary/aromatic N) is 3. The lowest BCUT2D eigenvalue weighted by atomic mass is 10.1. The van der Waals surface area contributed by atoms with Gasteiger partial charge in [-0.1, -0.05) is 6.07 Å². The maximum atomic E-state index is 12.7. The van der Waals surface area contributed by atoms with E-state index in [2.05, 4.69) is 21.0 Å². The molecule has 1 atom stereocenters. The van der Waals surface area contributed by atoms with Crippen molar-refractivity contribution >= 4 is 23.3 Å². The molecule has 0 saturated heterocycles. The minimum atomic E-state index is -0.503. The van der Waals surface area contributed by atoms with Crippen molar-refractivity contribution in [1.29, 1.82) is 0 Å². The average Bonchev–Trinajstić information content (AvgIpc) is 3.22. The van der Waals surface area contributed by atoms with Crippen LogP contribution in [0.25, 0.3) is 0 Å². The summed E-state index contributed by atoms with van der Waals surface area (Å²) in [4.78, 5) is 26.6. The number of hydrogen-bond acceptors (Lipinski definition) is 4. The summed E-state index contributed by atoms with van der Waals surface area (Å²) in [6.45, 7) is 3.12. The van der Waals surface area contributed by atoms with Gasteiger partial charge in [0.25, 0.3) is 0 Å². The van der Waals surface area contributed by atoms with Crippen LogP contribution in [0.4, 0.5) is 16.2 Å². The molecule has 0 fully saturated rings. The smallest absolute Gasteiger partial charge is 0.321 e. The zero-order valence-electron chi connectivity index (χ0n) is 15.2. The van der Waals surface area contributed by atoms with E-state index in [1.807, 2.05) is 32.2 Å². The van der Waals surface area contributed by atoms with Crippen molar-refractivity contribution in [2.75, 3.05) is 30.4 Å². The van der Waals surface area contributed by atoms with Gasteiger partial charge in [0.2, 0.25) is 5.91 Å². The number of aryl methyl sites for hydroxylation is 1. The molecule has 3 amide bonds. The highest BCUT2D eigenvalue weighted by atomic mass is 16.2. The Morgan fingerprint density at radius 3 is 2.81 bits per heavy atom. The fraction of sp³-hybridized carbons (Fsp3) is 0.389. The Labute approximate surface area is 152 Å². The van der Waals surface area contributed by atoms with Gasteiger partial charge in [0.15, 0.2) is 0 Å². The highest BCUT2D eigenvalue weighted by Gasteiger charge is 2.25. The standard InChI is InChI=1S/C18H24N6O2/c1-4-20-18(26)24-8-7-12-5-6-14(9-15(12)24)22-17(25)16(19-2)13-10-21-23(3)11-13/h5-6,9-11,16,19H,4,7-8H2,1-3H3,(H,20,26)(H,22,25). The molecule has 8 heteroatoms. The third-order valence-electron chi connectivity index (χ3n) is 4.43. The van der Waals surface area contributed by atoms with E-state index in [4.69, 9.17) is 0 Å². The molecule has 0 saturated carbocycles. The van der Waals surface area contributed by atoms with Gasteiger partial charge in [-0.2, -0.15) is 5.10 Å². The number of rotatable bonds is 5. The molecule has 0 spiro atoms. The largest absolute Gasteiger partial charge is 0.338 e. The van der Waals surface area contributed by atoms with Gasteiger partial charge in [0, 0.05) is 37.6 Å². The number of benzene rings is 1. The van der Waals surface area contributed by atoms with Crippen LogP contribution < -0.4 is 20.9 Å². The molecule has 26 heavy (non-hydrogen) atoms. The molecule has 2 heterocycles. The number of anilines is 2. The van der Waals surface area contributed by atoms with Crippen molar-refractivity contribution in [3.63, 3.8) is 0 Å². The normalized spacial score (nSPS) is 14.0. The molecule has 8 nitrogen and oxygen atoms in total. The topological polar surface area (TPSA) is 91.3 Å². The van der Waals surface area contributed by atoms with E-state index in [1.54, 1.807) is 29.0 Å². The molecule has 1 aromatic carbocycles. The van der Waals surface area contributed by atoms with Crippen LogP contribution in [-0.4, -0.2) is 41.9 Å². The first-order valence-electron chi connectivity index (χ1n) is 8.68. The number of nitrogens with one attached hydrogen (secondary N) is 3. The monoisotopic (exact) mass is 356 g/mol. The van der Waals surface area contributed by atoms with E-state index in [-0.39, 0.29) is 11.9 Å². The highest BCUT2D eigenvalue weighted by Crippen LogP contribution is 2.31. The molecule has 0 bridgehead atoms. The molecular weight excluding hydrogens is 332 g/mol. The van der Waals surface area contributed by atoms with E-state index in [1.165, 1.54) is 0 Å². The molecular formula is C18H24N6O2. The van der Waals surface area contributed by atoms with Gasteiger partial charge >= 0.3 is 6.03 Å². The van der Waals surface area contributed by atoms with E-state index in [0.717, 1.165) is 23.2 Å². The van der Waals surface area contributed by atoms with Crippen molar-refractivity contribution in [2.45, 2.75) is 19.4 Å². The Morgan fingerprint density at radius 2 is 2.15 bits per heavy atom. The first-order valence-corrected chi connectivity index (χ1v) is 8.68. The van der Waals surface area contributed by atoms with Crippen LogP contribution in [-0.2, 0) is 18.3 Å². The molecule has 2 aromatic rings. The fourth-order valence-electron chi connectivity index (χ4n) is 3.17. The van der Waals surface area contributed by atoms with Gasteiger partial charge in [-0.25, -0.2) is 4.79 Å². The molecule has 1 unspecified atom stereocenters. The van der Waals surface area contributed by atoms with Gasteiger partial charge in [0.05, 0.1) is 11.9 Å². The number of likely N-dealkylation sites (N-methyl/N-ethyl adjacent to an activating group) is 1. The summed E-state index contributed by atoms with van der Waals surface area (Å²) in [5.41, 5.74) is 3.40. The Kier molecular flexibility index (Phi) is 5.22. The van der Waals surface area contributed by atoms with Gasteiger partial charge in [-0.3, -0.25) is 14.4 Å². The Balaban J connectivity index is 1.77. The van der Waals surface area contributed by atoms with Crippen LogP contribution in [0.3, 0.4) is 0 Å². The predicted octanol–water partition coefficient (Wildman–Crippen LogP) is 1.41. The first-order chi connectivity index (χ1) is 12.5. The Bertz CT molecular complexity index is 816. The molecule has 3 N–H and O–H groups in total. The number of urea groups is 1. The second-order valence-electron chi connectivity index (χ2n) is 6.24. The van der Waals surface area contributed by atoms with Crippen molar-refractivity contribution in [3.05, 3.63) is 41.7 Å². The number of aromatic nitrogens is 2. The molecule has 3 rings (SSSR count). The second-order valence-corrected chi connectivity index (χ2v) is 6.24. The van der Waals surface area contributed by atoms with E-state index < -0.39 is 6.04 Å². The van der Waals surface area contributed by atoms with Gasteiger partial charge < -0.3 is 16.0 Å². The van der Waals surface area contributed by atoms with Gasteiger partial charge in [0.1, 0.15) is 6.04 Å². The van der Waals surface area contributed by atoms with Gasteiger partial charge in [-0.15, -0.1) is 0 Å². The Hall–Kier alpha value is -2.87. The lowest BCUT2D eigenvalue weighted by molar-refractivity contribution is -0.118. The van der Waals surface area contributed by atoms with Crippen LogP contribution in [0.5, 0.6) is 0 Å². The van der Waals surface area contributed by atoms with Crippen molar-refractivity contribution in [3.8, 4) is 0 Å². The summed E-state index contributed by atoms with van der Waals surface area (Å²) in [5.74, 6) is -0.178. The lowest BCUT2D eigenvalue weighted by Crippen LogP contribution is -2.38. The summed E-state index contributed by atoms with van der Waals surface area (Å²) in [5, 5.41) is 12.9. The maximum absolute atomic E-state index is 12.7. The highest BCUT2D eigenvalue weighted by molar-refractivity contribution is 5.98. The molecule has 0 aliphatic carbocycles. The fourth-order valence-corrected chi connectivity index (χ4v) is 3.17. The first kappa shape index (κ1) is 17.9. The van der Waals surface area contributed by atoms with Crippen LogP contribution >= 0.6 is 0 Å². The third kappa shape index (κ3) is 3.55. The molecule has 1 aliphatic heterocycles. The van der Waals surface area contributed by atoms with Crippen molar-refractivity contribution < 1.29 is 9.59 Å². The average molecular weight is 356 g/mol. The predicted molar refractivity (Wildman–Crippen MR) is 100 cm³/mol. The quantitative estimate of drug-likeness (QED) is 0.755. The second kappa shape index (κ2) is 7.57. The zero-order chi connectivity index (χ0) is 18.7.